The predicted octanol–water partition coefficient (Wildman–Crippen LogP) is 5.04. The van der Waals surface area contributed by atoms with Crippen LogP contribution in [0.1, 0.15) is 104 Å². The third-order valence-corrected chi connectivity index (χ3v) is 11.5. The van der Waals surface area contributed by atoms with E-state index in [4.69, 9.17) is 14.9 Å². The van der Waals surface area contributed by atoms with E-state index in [0.29, 0.717) is 35.5 Å². The zero-order valence-electron chi connectivity index (χ0n) is 23.4. The lowest BCUT2D eigenvalue weighted by molar-refractivity contribution is -0.164. The molecule has 0 aromatic heterocycles. The van der Waals surface area contributed by atoms with Crippen molar-refractivity contribution in [3.05, 3.63) is 0 Å². The highest BCUT2D eigenvalue weighted by atomic mass is 16.5. The van der Waals surface area contributed by atoms with Crippen LogP contribution >= 0.6 is 0 Å². The van der Waals surface area contributed by atoms with Gasteiger partial charge in [0.25, 0.3) is 0 Å². The van der Waals surface area contributed by atoms with E-state index < -0.39 is 11.9 Å². The number of hydrogen-bond donors (Lipinski definition) is 3. The van der Waals surface area contributed by atoms with Gasteiger partial charge in [0.1, 0.15) is 12.6 Å². The van der Waals surface area contributed by atoms with Gasteiger partial charge >= 0.3 is 17.9 Å². The van der Waals surface area contributed by atoms with Crippen LogP contribution in [0.25, 0.3) is 0 Å². The van der Waals surface area contributed by atoms with Crippen LogP contribution < -0.4 is 5.32 Å². The number of rotatable bonds is 10. The highest BCUT2D eigenvalue weighted by molar-refractivity contribution is 5.81. The molecule has 214 valence electrons. The molecule has 0 heterocycles. The summed E-state index contributed by atoms with van der Waals surface area (Å²) < 4.78 is 5.70. The molecule has 4 fully saturated rings. The number of nitrogens with one attached hydrogen (secondary N) is 1. The van der Waals surface area contributed by atoms with Gasteiger partial charge in [0.05, 0.1) is 12.8 Å². The number of carbonyl (C=O) groups excluding carboxylic acids is 2. The summed E-state index contributed by atoms with van der Waals surface area (Å²) in [7, 11) is 0. The predicted molar refractivity (Wildman–Crippen MR) is 141 cm³/mol. The number of carbonyl (C=O) groups is 4. The van der Waals surface area contributed by atoms with E-state index >= 15 is 0 Å². The van der Waals surface area contributed by atoms with Crippen molar-refractivity contribution in [1.82, 2.24) is 5.32 Å². The van der Waals surface area contributed by atoms with Gasteiger partial charge in [-0.3, -0.25) is 19.2 Å². The number of hydrogen-bond acceptors (Lipinski definition) is 5. The van der Waals surface area contributed by atoms with Gasteiger partial charge in [-0.05, 0) is 111 Å². The van der Waals surface area contributed by atoms with E-state index in [1.165, 1.54) is 38.5 Å². The number of esters is 1. The van der Waals surface area contributed by atoms with Crippen molar-refractivity contribution in [3.63, 3.8) is 0 Å². The van der Waals surface area contributed by atoms with Gasteiger partial charge in [-0.2, -0.15) is 0 Å². The maximum atomic E-state index is 12.1. The summed E-state index contributed by atoms with van der Waals surface area (Å²) in [6.45, 7) is 6.97. The van der Waals surface area contributed by atoms with Crippen LogP contribution in [-0.4, -0.2) is 46.7 Å². The van der Waals surface area contributed by atoms with Crippen LogP contribution in [0.2, 0.25) is 0 Å². The normalized spacial score (nSPS) is 38.7. The van der Waals surface area contributed by atoms with E-state index in [0.717, 1.165) is 37.5 Å². The first-order valence-corrected chi connectivity index (χ1v) is 14.8. The number of carboxylic acids is 2. The summed E-state index contributed by atoms with van der Waals surface area (Å²) in [4.78, 5) is 45.8. The fourth-order valence-electron chi connectivity index (χ4n) is 9.58. The van der Waals surface area contributed by atoms with Crippen molar-refractivity contribution in [2.75, 3.05) is 6.54 Å². The summed E-state index contributed by atoms with van der Waals surface area (Å²) in [5, 5.41) is 20.1. The Balaban J connectivity index is 1.34. The Morgan fingerprint density at radius 3 is 2.29 bits per heavy atom. The number of fused-ring (bicyclic) bond motifs is 5. The summed E-state index contributed by atoms with van der Waals surface area (Å²) in [5.41, 5.74) is 0.582. The van der Waals surface area contributed by atoms with Gasteiger partial charge < -0.3 is 20.3 Å². The Labute approximate surface area is 226 Å². The summed E-state index contributed by atoms with van der Waals surface area (Å²) >= 11 is 0. The second kappa shape index (κ2) is 11.5. The van der Waals surface area contributed by atoms with Gasteiger partial charge in [-0.1, -0.05) is 20.8 Å². The molecular formula is C30H47NO7. The number of carboxylic acid groups (broad SMARTS) is 2. The zero-order valence-corrected chi connectivity index (χ0v) is 23.4. The smallest absolute Gasteiger partial charge is 0.322 e. The first kappa shape index (κ1) is 28.9. The molecule has 0 aromatic rings. The lowest BCUT2D eigenvalue weighted by atomic mass is 9.44. The molecule has 0 saturated heterocycles. The lowest BCUT2D eigenvalue weighted by Gasteiger charge is -2.61. The van der Waals surface area contributed by atoms with E-state index in [1.54, 1.807) is 0 Å². The molecule has 0 aliphatic heterocycles. The minimum atomic E-state index is -1.01. The Morgan fingerprint density at radius 1 is 0.868 bits per heavy atom. The minimum Gasteiger partial charge on any atom is -0.481 e. The molecule has 4 aliphatic rings. The molecule has 8 nitrogen and oxygen atoms in total. The maximum Gasteiger partial charge on any atom is 0.322 e. The first-order valence-electron chi connectivity index (χ1n) is 14.8. The Kier molecular flexibility index (Phi) is 8.78. The fraction of sp³-hybridized carbons (Fsp3) is 0.867. The second-order valence-electron chi connectivity index (χ2n) is 13.4. The molecule has 4 rings (SSSR count). The Hall–Kier alpha value is -2.12. The largest absolute Gasteiger partial charge is 0.481 e. The van der Waals surface area contributed by atoms with Gasteiger partial charge in [0.15, 0.2) is 0 Å². The molecule has 1 amide bonds. The zero-order chi connectivity index (χ0) is 27.7. The van der Waals surface area contributed by atoms with Crippen LogP contribution in [0.3, 0.4) is 0 Å². The standard InChI is InChI=1S/C30H47NO7/c1-18(4-9-25(32)31-17-27(35)36)22-7-8-23-21-6-5-19-16-20(38-28(37)11-10-26(33)34)12-14-29(19,2)24(21)13-15-30(22,23)3/h18-24H,4-17H2,1-3H3,(H,31,32)(H,33,34)(H,35,36)/t18?,19?,20?,21?,22?,23?,24?,29-,30+/m0/s1. The molecule has 4 saturated carbocycles. The average Bonchev–Trinajstić information content (AvgIpc) is 3.22. The summed E-state index contributed by atoms with van der Waals surface area (Å²) in [5.74, 6) is 1.24. The van der Waals surface area contributed by atoms with Gasteiger partial charge in [-0.15, -0.1) is 0 Å². The van der Waals surface area contributed by atoms with Crippen molar-refractivity contribution in [1.29, 1.82) is 0 Å². The van der Waals surface area contributed by atoms with E-state index in [9.17, 15) is 19.2 Å². The highest BCUT2D eigenvalue weighted by Gasteiger charge is 2.60. The summed E-state index contributed by atoms with van der Waals surface area (Å²) in [6, 6.07) is 0. The Morgan fingerprint density at radius 2 is 1.58 bits per heavy atom. The molecule has 38 heavy (non-hydrogen) atoms. The van der Waals surface area contributed by atoms with Gasteiger partial charge in [0, 0.05) is 6.42 Å². The SMILES string of the molecule is CC(CCC(=O)NCC(=O)O)C1CCC2C3CCC4CC(OC(=O)CCC(=O)O)CC[C@]4(C)C3CC[C@]12C. The molecular weight excluding hydrogens is 486 g/mol. The molecule has 7 unspecified atom stereocenters. The highest BCUT2D eigenvalue weighted by Crippen LogP contribution is 2.68. The number of aliphatic carboxylic acids is 2. The third kappa shape index (κ3) is 5.89. The number of amides is 1. The third-order valence-electron chi connectivity index (χ3n) is 11.5. The average molecular weight is 534 g/mol. The molecule has 8 heteroatoms. The quantitative estimate of drug-likeness (QED) is 0.335. The minimum absolute atomic E-state index is 0.0503. The number of ether oxygens (including phenoxy) is 1. The van der Waals surface area contributed by atoms with E-state index in [1.807, 2.05) is 0 Å². The van der Waals surface area contributed by atoms with E-state index in [2.05, 4.69) is 26.1 Å². The molecule has 3 N–H and O–H groups in total. The second-order valence-corrected chi connectivity index (χ2v) is 13.4. The first-order chi connectivity index (χ1) is 17.9. The topological polar surface area (TPSA) is 130 Å². The molecule has 0 aromatic carbocycles. The van der Waals surface area contributed by atoms with Gasteiger partial charge in [-0.25, -0.2) is 0 Å². The molecule has 4 aliphatic carbocycles. The monoisotopic (exact) mass is 533 g/mol. The molecule has 9 atom stereocenters. The van der Waals surface area contributed by atoms with Crippen molar-refractivity contribution in [2.24, 2.45) is 46.3 Å². The van der Waals surface area contributed by atoms with Crippen LogP contribution in [0.15, 0.2) is 0 Å². The lowest BCUT2D eigenvalue weighted by Crippen LogP contribution is -2.54. The van der Waals surface area contributed by atoms with Crippen LogP contribution in [0, 0.1) is 46.3 Å². The Bertz CT molecular complexity index is 920. The van der Waals surface area contributed by atoms with Crippen LogP contribution in [0.5, 0.6) is 0 Å². The molecule has 0 radical (unpaired) electrons. The van der Waals surface area contributed by atoms with Crippen molar-refractivity contribution in [2.45, 2.75) is 110 Å². The van der Waals surface area contributed by atoms with Crippen LogP contribution in [0.4, 0.5) is 0 Å². The van der Waals surface area contributed by atoms with Gasteiger partial charge in [0.2, 0.25) is 5.91 Å². The fourth-order valence-corrected chi connectivity index (χ4v) is 9.58. The molecule has 0 bridgehead atoms. The maximum absolute atomic E-state index is 12.1. The van der Waals surface area contributed by atoms with Crippen molar-refractivity contribution >= 4 is 23.8 Å². The molecule has 0 spiro atoms. The summed E-state index contributed by atoms with van der Waals surface area (Å²) in [6.07, 6.45) is 11.1. The van der Waals surface area contributed by atoms with Crippen molar-refractivity contribution in [3.8, 4) is 0 Å². The van der Waals surface area contributed by atoms with Crippen molar-refractivity contribution < 1.29 is 34.1 Å². The van der Waals surface area contributed by atoms with Crippen LogP contribution in [-0.2, 0) is 23.9 Å². The van der Waals surface area contributed by atoms with E-state index in [-0.39, 0.29) is 42.8 Å².